The zero-order valence-electron chi connectivity index (χ0n) is 16.2. The van der Waals surface area contributed by atoms with Crippen LogP contribution in [0.3, 0.4) is 0 Å². The number of carbonyl (C=O) groups is 1. The number of primary amides is 1. The Balaban J connectivity index is 0.00000300. The summed E-state index contributed by atoms with van der Waals surface area (Å²) in [6, 6.07) is 12.2. The summed E-state index contributed by atoms with van der Waals surface area (Å²) in [6.07, 6.45) is 3.00. The van der Waals surface area contributed by atoms with Crippen LogP contribution in [0.1, 0.15) is 18.1 Å². The lowest BCUT2D eigenvalue weighted by atomic mass is 10.1. The van der Waals surface area contributed by atoms with E-state index in [1.807, 2.05) is 25.1 Å². The first-order valence-corrected chi connectivity index (χ1v) is 9.99. The number of nitrogens with two attached hydrogens (primary N) is 1. The summed E-state index contributed by atoms with van der Waals surface area (Å²) in [5.41, 5.74) is 8.69. The van der Waals surface area contributed by atoms with Crippen LogP contribution in [0.25, 0.3) is 10.9 Å². The standard InChI is InChI=1S/C21H24BrN3O3.ClH/c1-2-27-19-10-14(9-17(22)21(19)28-13-20(23)26)11-24-8-7-15-12-25-18-6-4-3-5-16(15)18;/h3-6,9-10,12,24-25H,2,7-8,11,13H2,1H3,(H2,23,26);1H. The van der Waals surface area contributed by atoms with Gasteiger partial charge in [-0.15, -0.1) is 12.4 Å². The van der Waals surface area contributed by atoms with E-state index in [2.05, 4.69) is 50.6 Å². The Kier molecular flexibility index (Phi) is 8.82. The Hall–Kier alpha value is -2.22. The highest BCUT2D eigenvalue weighted by Crippen LogP contribution is 2.37. The van der Waals surface area contributed by atoms with Crippen molar-refractivity contribution in [1.82, 2.24) is 10.3 Å². The first-order chi connectivity index (χ1) is 13.6. The number of aromatic nitrogens is 1. The minimum Gasteiger partial charge on any atom is -0.490 e. The number of para-hydroxylation sites is 1. The van der Waals surface area contributed by atoms with Gasteiger partial charge in [0.25, 0.3) is 5.91 Å². The molecule has 0 atom stereocenters. The van der Waals surface area contributed by atoms with Crippen molar-refractivity contribution in [3.63, 3.8) is 0 Å². The zero-order chi connectivity index (χ0) is 19.9. The summed E-state index contributed by atoms with van der Waals surface area (Å²) in [7, 11) is 0. The third-order valence-electron chi connectivity index (χ3n) is 4.30. The SMILES string of the molecule is CCOc1cc(CNCCc2c[nH]c3ccccc23)cc(Br)c1OCC(N)=O.Cl. The van der Waals surface area contributed by atoms with Crippen LogP contribution in [0.2, 0.25) is 0 Å². The number of hydrogen-bond donors (Lipinski definition) is 3. The summed E-state index contributed by atoms with van der Waals surface area (Å²) in [6.45, 7) is 3.75. The van der Waals surface area contributed by atoms with Crippen LogP contribution in [0.5, 0.6) is 11.5 Å². The quantitative estimate of drug-likeness (QED) is 0.382. The molecule has 3 aromatic rings. The molecule has 0 saturated heterocycles. The van der Waals surface area contributed by atoms with Crippen molar-refractivity contribution in [2.24, 2.45) is 5.73 Å². The van der Waals surface area contributed by atoms with Gasteiger partial charge in [0.15, 0.2) is 18.1 Å². The number of fused-ring (bicyclic) bond motifs is 1. The second-order valence-electron chi connectivity index (χ2n) is 6.38. The molecule has 0 fully saturated rings. The number of aromatic amines is 1. The van der Waals surface area contributed by atoms with Crippen LogP contribution in [0.15, 0.2) is 47.1 Å². The van der Waals surface area contributed by atoms with Gasteiger partial charge in [0, 0.05) is 23.6 Å². The van der Waals surface area contributed by atoms with Gasteiger partial charge in [-0.3, -0.25) is 4.79 Å². The summed E-state index contributed by atoms with van der Waals surface area (Å²) in [4.78, 5) is 14.3. The maximum absolute atomic E-state index is 11.0. The second kappa shape index (κ2) is 11.1. The summed E-state index contributed by atoms with van der Waals surface area (Å²) >= 11 is 3.50. The topological polar surface area (TPSA) is 89.4 Å². The fourth-order valence-electron chi connectivity index (χ4n) is 3.06. The minimum absolute atomic E-state index is 0. The molecule has 8 heteroatoms. The molecular formula is C21H25BrClN3O3. The molecule has 0 spiro atoms. The highest BCUT2D eigenvalue weighted by Gasteiger charge is 2.13. The van der Waals surface area contributed by atoms with Gasteiger partial charge in [-0.1, -0.05) is 18.2 Å². The third-order valence-corrected chi connectivity index (χ3v) is 4.89. The Morgan fingerprint density at radius 3 is 2.79 bits per heavy atom. The van der Waals surface area contributed by atoms with E-state index < -0.39 is 5.91 Å². The molecule has 0 aliphatic rings. The van der Waals surface area contributed by atoms with Crippen molar-refractivity contribution in [1.29, 1.82) is 0 Å². The Morgan fingerprint density at radius 2 is 2.03 bits per heavy atom. The maximum Gasteiger partial charge on any atom is 0.255 e. The number of hydrogen-bond acceptors (Lipinski definition) is 4. The fraction of sp³-hybridized carbons (Fsp3) is 0.286. The van der Waals surface area contributed by atoms with Gasteiger partial charge in [0.2, 0.25) is 0 Å². The smallest absolute Gasteiger partial charge is 0.255 e. The number of ether oxygens (including phenoxy) is 2. The zero-order valence-corrected chi connectivity index (χ0v) is 18.6. The van der Waals surface area contributed by atoms with E-state index in [1.54, 1.807) is 0 Å². The van der Waals surface area contributed by atoms with Crippen LogP contribution < -0.4 is 20.5 Å². The van der Waals surface area contributed by atoms with Gasteiger partial charge in [-0.25, -0.2) is 0 Å². The van der Waals surface area contributed by atoms with Crippen molar-refractivity contribution >= 4 is 45.1 Å². The average molecular weight is 483 g/mol. The normalized spacial score (nSPS) is 10.6. The van der Waals surface area contributed by atoms with Crippen LogP contribution in [0, 0.1) is 0 Å². The number of halogens is 2. The number of H-pyrrole nitrogens is 1. The van der Waals surface area contributed by atoms with Crippen LogP contribution in [-0.4, -0.2) is 30.6 Å². The van der Waals surface area contributed by atoms with Crippen molar-refractivity contribution in [3.8, 4) is 11.5 Å². The molecule has 29 heavy (non-hydrogen) atoms. The molecule has 156 valence electrons. The molecule has 1 heterocycles. The van der Waals surface area contributed by atoms with Crippen LogP contribution in [0.4, 0.5) is 0 Å². The molecule has 0 radical (unpaired) electrons. The molecule has 6 nitrogen and oxygen atoms in total. The number of benzene rings is 2. The Labute approximate surface area is 184 Å². The van der Waals surface area contributed by atoms with E-state index >= 15 is 0 Å². The fourth-order valence-corrected chi connectivity index (χ4v) is 3.67. The summed E-state index contributed by atoms with van der Waals surface area (Å²) in [5, 5.41) is 4.73. The van der Waals surface area contributed by atoms with Crippen molar-refractivity contribution in [2.75, 3.05) is 19.8 Å². The number of nitrogens with one attached hydrogen (secondary N) is 2. The maximum atomic E-state index is 11.0. The lowest BCUT2D eigenvalue weighted by molar-refractivity contribution is -0.119. The van der Waals surface area contributed by atoms with Crippen molar-refractivity contribution in [2.45, 2.75) is 19.9 Å². The highest BCUT2D eigenvalue weighted by atomic mass is 79.9. The molecule has 2 aromatic carbocycles. The van der Waals surface area contributed by atoms with Crippen molar-refractivity contribution in [3.05, 3.63) is 58.2 Å². The molecule has 3 rings (SSSR count). The van der Waals surface area contributed by atoms with Gasteiger partial charge in [0.05, 0.1) is 11.1 Å². The molecule has 0 unspecified atom stereocenters. The predicted molar refractivity (Wildman–Crippen MR) is 121 cm³/mol. The Morgan fingerprint density at radius 1 is 1.24 bits per heavy atom. The van der Waals surface area contributed by atoms with Gasteiger partial charge >= 0.3 is 0 Å². The molecule has 4 N–H and O–H groups in total. The average Bonchev–Trinajstić information content (AvgIpc) is 3.08. The molecule has 0 bridgehead atoms. The van der Waals surface area contributed by atoms with Gasteiger partial charge in [-0.2, -0.15) is 0 Å². The molecule has 0 aliphatic heterocycles. The van der Waals surface area contributed by atoms with E-state index in [1.165, 1.54) is 10.9 Å². The van der Waals surface area contributed by atoms with E-state index in [0.29, 0.717) is 24.7 Å². The molecule has 0 saturated carbocycles. The third kappa shape index (κ3) is 6.13. The monoisotopic (exact) mass is 481 g/mol. The molecule has 1 amide bonds. The predicted octanol–water partition coefficient (Wildman–Crippen LogP) is 3.95. The van der Waals surface area contributed by atoms with Gasteiger partial charge in [-0.05, 0) is 65.1 Å². The second-order valence-corrected chi connectivity index (χ2v) is 7.23. The van der Waals surface area contributed by atoms with Crippen molar-refractivity contribution < 1.29 is 14.3 Å². The number of amides is 1. The van der Waals surface area contributed by atoms with E-state index in [0.717, 1.165) is 28.5 Å². The van der Waals surface area contributed by atoms with E-state index in [9.17, 15) is 4.79 Å². The van der Waals surface area contributed by atoms with E-state index in [-0.39, 0.29) is 19.0 Å². The Bertz CT molecular complexity index is 961. The molecule has 1 aromatic heterocycles. The van der Waals surface area contributed by atoms with Gasteiger partial charge < -0.3 is 25.5 Å². The number of carbonyl (C=O) groups excluding carboxylic acids is 1. The largest absolute Gasteiger partial charge is 0.490 e. The lowest BCUT2D eigenvalue weighted by Crippen LogP contribution is -2.20. The molecular weight excluding hydrogens is 458 g/mol. The highest BCUT2D eigenvalue weighted by molar-refractivity contribution is 9.10. The van der Waals surface area contributed by atoms with Crippen LogP contribution in [-0.2, 0) is 17.8 Å². The minimum atomic E-state index is -0.530. The summed E-state index contributed by atoms with van der Waals surface area (Å²) in [5.74, 6) is 0.548. The summed E-state index contributed by atoms with van der Waals surface area (Å²) < 4.78 is 11.9. The first kappa shape index (κ1) is 23.1. The van der Waals surface area contributed by atoms with E-state index in [4.69, 9.17) is 15.2 Å². The molecule has 0 aliphatic carbocycles. The lowest BCUT2D eigenvalue weighted by Gasteiger charge is -2.15. The number of rotatable bonds is 10. The first-order valence-electron chi connectivity index (χ1n) is 9.20. The van der Waals surface area contributed by atoms with Gasteiger partial charge in [0.1, 0.15) is 0 Å². The van der Waals surface area contributed by atoms with Crippen LogP contribution >= 0.6 is 28.3 Å².